The number of rotatable bonds is 16. The molecule has 0 saturated carbocycles. The molecule has 4 rings (SSSR count). The number of benzene rings is 2. The fourth-order valence-electron chi connectivity index (χ4n) is 5.94. The number of aliphatic hydroxyl groups is 1. The number of aliphatic hydroxyl groups excluding tert-OH is 1. The lowest BCUT2D eigenvalue weighted by atomic mass is 10.0. The first-order valence-electron chi connectivity index (χ1n) is 15.7. The monoisotopic (exact) mass is 635 g/mol. The highest BCUT2D eigenvalue weighted by Gasteiger charge is 2.33. The van der Waals surface area contributed by atoms with Crippen LogP contribution in [0.3, 0.4) is 0 Å². The molecular weight excluding hydrogens is 586 g/mol. The smallest absolute Gasteiger partial charge is 0.203 e. The molecular formula is C33H49NO9S. The SMILES string of the molecule is CCCOc1c(OCCCN2CCCCC2)cc([C@@H]2CC[C@@H](c3cc(OC)c(OC)c(OC)c3)O2)cc1S(=O)(=O)CC(C)O. The number of methoxy groups -OCH3 is 3. The Balaban J connectivity index is 1.64. The predicted octanol–water partition coefficient (Wildman–Crippen LogP) is 5.50. The van der Waals surface area contributed by atoms with Gasteiger partial charge in [-0.25, -0.2) is 8.42 Å². The molecule has 1 N–H and O–H groups in total. The van der Waals surface area contributed by atoms with Crippen LogP contribution in [-0.4, -0.2) is 84.5 Å². The van der Waals surface area contributed by atoms with Gasteiger partial charge >= 0.3 is 0 Å². The van der Waals surface area contributed by atoms with Crippen molar-refractivity contribution in [2.45, 2.75) is 82.0 Å². The van der Waals surface area contributed by atoms with Crippen molar-refractivity contribution < 1.29 is 41.9 Å². The Kier molecular flexibility index (Phi) is 12.4. The Morgan fingerprint density at radius 3 is 2.05 bits per heavy atom. The van der Waals surface area contributed by atoms with Gasteiger partial charge in [-0.15, -0.1) is 0 Å². The van der Waals surface area contributed by atoms with Crippen molar-refractivity contribution in [1.29, 1.82) is 0 Å². The van der Waals surface area contributed by atoms with Crippen LogP contribution in [0.4, 0.5) is 0 Å². The molecule has 2 aliphatic heterocycles. The van der Waals surface area contributed by atoms with Gasteiger partial charge in [-0.05, 0) is 93.9 Å². The van der Waals surface area contributed by atoms with E-state index in [4.69, 9.17) is 28.4 Å². The molecule has 1 unspecified atom stereocenters. The minimum absolute atomic E-state index is 0.0233. The maximum absolute atomic E-state index is 13.6. The molecule has 2 aromatic rings. The number of hydrogen-bond donors (Lipinski definition) is 1. The normalized spacial score (nSPS) is 19.9. The second-order valence-electron chi connectivity index (χ2n) is 11.6. The maximum Gasteiger partial charge on any atom is 0.203 e. The van der Waals surface area contributed by atoms with E-state index in [1.165, 1.54) is 26.2 Å². The highest BCUT2D eigenvalue weighted by Crippen LogP contribution is 2.48. The van der Waals surface area contributed by atoms with Crippen LogP contribution in [0.25, 0.3) is 0 Å². The number of sulfone groups is 1. The van der Waals surface area contributed by atoms with E-state index in [0.717, 1.165) is 31.6 Å². The van der Waals surface area contributed by atoms with Crippen LogP contribution in [0.5, 0.6) is 28.7 Å². The van der Waals surface area contributed by atoms with Gasteiger partial charge in [-0.2, -0.15) is 0 Å². The fraction of sp³-hybridized carbons (Fsp3) is 0.636. The number of piperidine rings is 1. The number of likely N-dealkylation sites (tertiary alicyclic amines) is 1. The summed E-state index contributed by atoms with van der Waals surface area (Å²) < 4.78 is 62.6. The van der Waals surface area contributed by atoms with Crippen LogP contribution in [0.1, 0.15) is 82.1 Å². The van der Waals surface area contributed by atoms with Gasteiger partial charge < -0.3 is 38.4 Å². The van der Waals surface area contributed by atoms with Crippen molar-refractivity contribution in [1.82, 2.24) is 4.90 Å². The van der Waals surface area contributed by atoms with Crippen molar-refractivity contribution in [3.63, 3.8) is 0 Å². The van der Waals surface area contributed by atoms with E-state index in [-0.39, 0.29) is 22.9 Å². The minimum atomic E-state index is -3.90. The lowest BCUT2D eigenvalue weighted by Crippen LogP contribution is -2.31. The van der Waals surface area contributed by atoms with Crippen molar-refractivity contribution in [3.05, 3.63) is 35.4 Å². The molecule has 2 saturated heterocycles. The second kappa shape index (κ2) is 16.0. The summed E-state index contributed by atoms with van der Waals surface area (Å²) in [5.41, 5.74) is 1.57. The van der Waals surface area contributed by atoms with Crippen LogP contribution in [0.2, 0.25) is 0 Å². The molecule has 0 aromatic heterocycles. The molecule has 2 heterocycles. The molecule has 0 amide bonds. The van der Waals surface area contributed by atoms with E-state index in [0.29, 0.717) is 61.0 Å². The third kappa shape index (κ3) is 8.50. The van der Waals surface area contributed by atoms with Crippen LogP contribution in [-0.2, 0) is 14.6 Å². The summed E-state index contributed by atoms with van der Waals surface area (Å²) in [6, 6.07) is 7.25. The standard InChI is InChI=1S/C33H49NO9S/c1-6-16-42-33-30(41-17-10-15-34-13-8-7-9-14-34)20-25(21-31(33)44(36,37)22-23(2)35)27-12-11-26(43-27)24-18-28(38-3)32(40-5)29(19-24)39-4/h18-21,23,26-27,35H,6-17,22H2,1-5H3/t23?,26-,27-/m0/s1. The Hall–Kier alpha value is -2.73. The fourth-order valence-corrected chi connectivity index (χ4v) is 7.52. The van der Waals surface area contributed by atoms with Gasteiger partial charge in [0.15, 0.2) is 32.8 Å². The summed E-state index contributed by atoms with van der Waals surface area (Å²) in [5.74, 6) is 1.75. The molecule has 0 radical (unpaired) electrons. The molecule has 2 aromatic carbocycles. The van der Waals surface area contributed by atoms with Crippen molar-refractivity contribution >= 4 is 9.84 Å². The van der Waals surface area contributed by atoms with Gasteiger partial charge in [-0.1, -0.05) is 13.3 Å². The van der Waals surface area contributed by atoms with Gasteiger partial charge in [0, 0.05) is 6.54 Å². The van der Waals surface area contributed by atoms with Crippen molar-refractivity contribution in [2.24, 2.45) is 0 Å². The molecule has 10 nitrogen and oxygen atoms in total. The Morgan fingerprint density at radius 2 is 1.48 bits per heavy atom. The summed E-state index contributed by atoms with van der Waals surface area (Å²) in [6.45, 7) is 7.34. The lowest BCUT2D eigenvalue weighted by molar-refractivity contribution is 0.0434. The third-order valence-corrected chi connectivity index (χ3v) is 9.96. The lowest BCUT2D eigenvalue weighted by Gasteiger charge is -2.26. The number of ether oxygens (including phenoxy) is 6. The zero-order valence-corrected chi connectivity index (χ0v) is 27.6. The van der Waals surface area contributed by atoms with E-state index < -0.39 is 21.7 Å². The second-order valence-corrected chi connectivity index (χ2v) is 13.6. The zero-order chi connectivity index (χ0) is 31.7. The molecule has 3 atom stereocenters. The van der Waals surface area contributed by atoms with Crippen LogP contribution in [0, 0.1) is 0 Å². The summed E-state index contributed by atoms with van der Waals surface area (Å²) in [4.78, 5) is 2.47. The largest absolute Gasteiger partial charge is 0.493 e. The Morgan fingerprint density at radius 1 is 0.864 bits per heavy atom. The zero-order valence-electron chi connectivity index (χ0n) is 26.8. The average molecular weight is 636 g/mol. The highest BCUT2D eigenvalue weighted by molar-refractivity contribution is 7.91. The van der Waals surface area contributed by atoms with Gasteiger partial charge in [0.1, 0.15) is 4.90 Å². The van der Waals surface area contributed by atoms with E-state index in [2.05, 4.69) is 4.90 Å². The maximum atomic E-state index is 13.6. The third-order valence-electron chi connectivity index (χ3n) is 8.06. The van der Waals surface area contributed by atoms with Crippen LogP contribution in [0.15, 0.2) is 29.2 Å². The van der Waals surface area contributed by atoms with Crippen LogP contribution >= 0.6 is 0 Å². The topological polar surface area (TPSA) is 113 Å². The molecule has 0 bridgehead atoms. The van der Waals surface area contributed by atoms with Crippen LogP contribution < -0.4 is 23.7 Å². The summed E-state index contributed by atoms with van der Waals surface area (Å²) in [7, 11) is 0.810. The molecule has 2 aliphatic rings. The van der Waals surface area contributed by atoms with E-state index >= 15 is 0 Å². The quantitative estimate of drug-likeness (QED) is 0.237. The summed E-state index contributed by atoms with van der Waals surface area (Å²) in [6.07, 6.45) is 4.94. The number of nitrogens with zero attached hydrogens (tertiary/aromatic N) is 1. The van der Waals surface area contributed by atoms with E-state index in [9.17, 15) is 13.5 Å². The van der Waals surface area contributed by atoms with Crippen molar-refractivity contribution in [3.8, 4) is 28.7 Å². The first kappa shape index (κ1) is 34.1. The van der Waals surface area contributed by atoms with Gasteiger partial charge in [0.05, 0.1) is 58.6 Å². The van der Waals surface area contributed by atoms with E-state index in [1.807, 2.05) is 25.1 Å². The summed E-state index contributed by atoms with van der Waals surface area (Å²) >= 11 is 0. The average Bonchev–Trinajstić information content (AvgIpc) is 3.51. The first-order valence-corrected chi connectivity index (χ1v) is 17.4. The van der Waals surface area contributed by atoms with Gasteiger partial charge in [-0.3, -0.25) is 0 Å². The highest BCUT2D eigenvalue weighted by atomic mass is 32.2. The first-order chi connectivity index (χ1) is 21.2. The number of hydrogen-bond acceptors (Lipinski definition) is 10. The molecule has 246 valence electrons. The van der Waals surface area contributed by atoms with Gasteiger partial charge in [0.25, 0.3) is 0 Å². The minimum Gasteiger partial charge on any atom is -0.493 e. The molecule has 0 spiro atoms. The molecule has 44 heavy (non-hydrogen) atoms. The molecule has 2 fully saturated rings. The molecule has 0 aliphatic carbocycles. The Labute approximate surface area is 262 Å². The Bertz CT molecular complexity index is 1300. The van der Waals surface area contributed by atoms with Gasteiger partial charge in [0.2, 0.25) is 5.75 Å². The van der Waals surface area contributed by atoms with Crippen molar-refractivity contribution in [2.75, 3.05) is 59.9 Å². The predicted molar refractivity (Wildman–Crippen MR) is 168 cm³/mol. The molecule has 11 heteroatoms. The van der Waals surface area contributed by atoms with E-state index in [1.54, 1.807) is 27.4 Å². The summed E-state index contributed by atoms with van der Waals surface area (Å²) in [5, 5.41) is 10.0.